The number of rotatable bonds is 4. The molecule has 0 spiro atoms. The first kappa shape index (κ1) is 13.8. The fraction of sp³-hybridized carbons (Fsp3) is 0.278. The van der Waals surface area contributed by atoms with Crippen LogP contribution in [0.4, 0.5) is 5.69 Å². The largest absolute Gasteiger partial charge is 0.325 e. The predicted molar refractivity (Wildman–Crippen MR) is 85.3 cm³/mol. The van der Waals surface area contributed by atoms with Crippen molar-refractivity contribution in [3.8, 4) is 0 Å². The molecule has 3 nitrogen and oxygen atoms in total. The van der Waals surface area contributed by atoms with Crippen molar-refractivity contribution in [1.29, 1.82) is 0 Å². The smallest absolute Gasteiger partial charge is 0.238 e. The number of hydrogen-bond acceptors (Lipinski definition) is 2. The van der Waals surface area contributed by atoms with E-state index >= 15 is 0 Å². The van der Waals surface area contributed by atoms with E-state index in [9.17, 15) is 4.79 Å². The van der Waals surface area contributed by atoms with Crippen molar-refractivity contribution in [3.05, 3.63) is 65.2 Å². The van der Waals surface area contributed by atoms with Crippen LogP contribution in [0.5, 0.6) is 0 Å². The molecule has 1 aliphatic rings. The van der Waals surface area contributed by atoms with Gasteiger partial charge in [-0.25, -0.2) is 0 Å². The summed E-state index contributed by atoms with van der Waals surface area (Å²) in [4.78, 5) is 12.0. The van der Waals surface area contributed by atoms with Crippen molar-refractivity contribution in [2.24, 2.45) is 0 Å². The lowest BCUT2D eigenvalue weighted by atomic mass is 10.1. The Morgan fingerprint density at radius 1 is 1.14 bits per heavy atom. The summed E-state index contributed by atoms with van der Waals surface area (Å²) in [7, 11) is 0. The highest BCUT2D eigenvalue weighted by atomic mass is 16.1. The molecule has 3 heteroatoms. The van der Waals surface area contributed by atoms with Crippen molar-refractivity contribution >= 4 is 11.6 Å². The van der Waals surface area contributed by atoms with Gasteiger partial charge in [0.05, 0.1) is 6.54 Å². The molecule has 0 radical (unpaired) electrons. The number of carbonyl (C=O) groups excluding carboxylic acids is 1. The standard InChI is InChI=1S/C18H20N2O/c1-13-6-9-15(10-7-13)20-18(21)12-19-17-11-8-14-4-2-3-5-16(14)17/h2-7,9-10,17,19H,8,11-12H2,1H3,(H,20,21). The summed E-state index contributed by atoms with van der Waals surface area (Å²) in [6.07, 6.45) is 2.16. The second kappa shape index (κ2) is 6.10. The SMILES string of the molecule is Cc1ccc(NC(=O)CNC2CCc3ccccc32)cc1. The van der Waals surface area contributed by atoms with Gasteiger partial charge >= 0.3 is 0 Å². The van der Waals surface area contributed by atoms with Crippen LogP contribution in [0.15, 0.2) is 48.5 Å². The molecule has 0 fully saturated rings. The van der Waals surface area contributed by atoms with Crippen LogP contribution in [0.3, 0.4) is 0 Å². The second-order valence-corrected chi connectivity index (χ2v) is 5.59. The number of benzene rings is 2. The van der Waals surface area contributed by atoms with E-state index in [1.165, 1.54) is 16.7 Å². The van der Waals surface area contributed by atoms with Gasteiger partial charge in [-0.15, -0.1) is 0 Å². The topological polar surface area (TPSA) is 41.1 Å². The van der Waals surface area contributed by atoms with E-state index in [4.69, 9.17) is 0 Å². The number of hydrogen-bond donors (Lipinski definition) is 2. The molecule has 1 atom stereocenters. The molecule has 0 aromatic heterocycles. The number of anilines is 1. The first-order chi connectivity index (χ1) is 10.2. The zero-order valence-corrected chi connectivity index (χ0v) is 12.2. The molecular weight excluding hydrogens is 260 g/mol. The molecule has 0 saturated carbocycles. The van der Waals surface area contributed by atoms with Gasteiger partial charge in [-0.2, -0.15) is 0 Å². The van der Waals surface area contributed by atoms with Crippen molar-refractivity contribution in [2.45, 2.75) is 25.8 Å². The van der Waals surface area contributed by atoms with Gasteiger partial charge in [0.25, 0.3) is 0 Å². The molecule has 0 aliphatic heterocycles. The molecule has 2 aromatic rings. The third-order valence-electron chi connectivity index (χ3n) is 3.98. The average Bonchev–Trinajstić information content (AvgIpc) is 2.91. The molecule has 1 unspecified atom stereocenters. The molecule has 0 heterocycles. The number of fused-ring (bicyclic) bond motifs is 1. The van der Waals surface area contributed by atoms with Gasteiger partial charge in [-0.3, -0.25) is 4.79 Å². The van der Waals surface area contributed by atoms with Gasteiger partial charge < -0.3 is 10.6 Å². The average molecular weight is 280 g/mol. The van der Waals surface area contributed by atoms with E-state index in [0.717, 1.165) is 18.5 Å². The lowest BCUT2D eigenvalue weighted by Gasteiger charge is -2.14. The second-order valence-electron chi connectivity index (χ2n) is 5.59. The van der Waals surface area contributed by atoms with Crippen LogP contribution in [0.2, 0.25) is 0 Å². The van der Waals surface area contributed by atoms with E-state index in [-0.39, 0.29) is 5.91 Å². The number of amides is 1. The number of carbonyl (C=O) groups is 1. The van der Waals surface area contributed by atoms with E-state index < -0.39 is 0 Å². The number of aryl methyl sites for hydroxylation is 2. The molecular formula is C18H20N2O. The molecule has 1 amide bonds. The Bertz CT molecular complexity index is 634. The third-order valence-corrected chi connectivity index (χ3v) is 3.98. The normalized spacial score (nSPS) is 16.5. The maximum atomic E-state index is 12.0. The van der Waals surface area contributed by atoms with Crippen LogP contribution in [-0.2, 0) is 11.2 Å². The van der Waals surface area contributed by atoms with Gasteiger partial charge in [0.2, 0.25) is 5.91 Å². The Morgan fingerprint density at radius 2 is 1.90 bits per heavy atom. The fourth-order valence-electron chi connectivity index (χ4n) is 2.83. The van der Waals surface area contributed by atoms with Gasteiger partial charge in [0.1, 0.15) is 0 Å². The number of nitrogens with one attached hydrogen (secondary N) is 2. The Kier molecular flexibility index (Phi) is 4.02. The maximum absolute atomic E-state index is 12.0. The van der Waals surface area contributed by atoms with Crippen molar-refractivity contribution in [2.75, 3.05) is 11.9 Å². The lowest BCUT2D eigenvalue weighted by molar-refractivity contribution is -0.115. The van der Waals surface area contributed by atoms with Gasteiger partial charge in [-0.1, -0.05) is 42.0 Å². The quantitative estimate of drug-likeness (QED) is 0.903. The van der Waals surface area contributed by atoms with Crippen molar-refractivity contribution in [1.82, 2.24) is 5.32 Å². The molecule has 2 N–H and O–H groups in total. The molecule has 2 aromatic carbocycles. The highest BCUT2D eigenvalue weighted by Crippen LogP contribution is 2.30. The highest BCUT2D eigenvalue weighted by molar-refractivity contribution is 5.92. The predicted octanol–water partition coefficient (Wildman–Crippen LogP) is 3.21. The Balaban J connectivity index is 1.54. The molecule has 3 rings (SSSR count). The summed E-state index contributed by atoms with van der Waals surface area (Å²) < 4.78 is 0. The van der Waals surface area contributed by atoms with Gasteiger partial charge in [0.15, 0.2) is 0 Å². The summed E-state index contributed by atoms with van der Waals surface area (Å²) in [5, 5.41) is 6.27. The summed E-state index contributed by atoms with van der Waals surface area (Å²) >= 11 is 0. The zero-order valence-electron chi connectivity index (χ0n) is 12.2. The van der Waals surface area contributed by atoms with Crippen LogP contribution in [0.1, 0.15) is 29.2 Å². The Hall–Kier alpha value is -2.13. The molecule has 108 valence electrons. The maximum Gasteiger partial charge on any atom is 0.238 e. The van der Waals surface area contributed by atoms with Gasteiger partial charge in [-0.05, 0) is 43.0 Å². The first-order valence-corrected chi connectivity index (χ1v) is 7.40. The van der Waals surface area contributed by atoms with E-state index in [1.807, 2.05) is 31.2 Å². The van der Waals surface area contributed by atoms with Gasteiger partial charge in [0, 0.05) is 11.7 Å². The van der Waals surface area contributed by atoms with Crippen LogP contribution >= 0.6 is 0 Å². The molecule has 0 saturated heterocycles. The summed E-state index contributed by atoms with van der Waals surface area (Å²) in [6, 6.07) is 16.6. The summed E-state index contributed by atoms with van der Waals surface area (Å²) in [6.45, 7) is 2.37. The zero-order chi connectivity index (χ0) is 14.7. The lowest BCUT2D eigenvalue weighted by Crippen LogP contribution is -2.30. The van der Waals surface area contributed by atoms with Crippen LogP contribution in [0.25, 0.3) is 0 Å². The molecule has 0 bridgehead atoms. The fourth-order valence-corrected chi connectivity index (χ4v) is 2.83. The van der Waals surface area contributed by atoms with Crippen molar-refractivity contribution in [3.63, 3.8) is 0 Å². The minimum atomic E-state index is 0.00299. The monoisotopic (exact) mass is 280 g/mol. The summed E-state index contributed by atoms with van der Waals surface area (Å²) in [5.74, 6) is 0.00299. The van der Waals surface area contributed by atoms with E-state index in [2.05, 4.69) is 34.9 Å². The van der Waals surface area contributed by atoms with Crippen LogP contribution in [-0.4, -0.2) is 12.5 Å². The van der Waals surface area contributed by atoms with Crippen LogP contribution < -0.4 is 10.6 Å². The molecule has 1 aliphatic carbocycles. The minimum absolute atomic E-state index is 0.00299. The molecule has 21 heavy (non-hydrogen) atoms. The Morgan fingerprint density at radius 3 is 2.71 bits per heavy atom. The first-order valence-electron chi connectivity index (χ1n) is 7.40. The van der Waals surface area contributed by atoms with Crippen molar-refractivity contribution < 1.29 is 4.79 Å². The minimum Gasteiger partial charge on any atom is -0.325 e. The van der Waals surface area contributed by atoms with Crippen LogP contribution in [0, 0.1) is 6.92 Å². The van der Waals surface area contributed by atoms with E-state index in [1.54, 1.807) is 0 Å². The van der Waals surface area contributed by atoms with E-state index in [0.29, 0.717) is 12.6 Å². The Labute approximate surface area is 125 Å². The highest BCUT2D eigenvalue weighted by Gasteiger charge is 2.21. The summed E-state index contributed by atoms with van der Waals surface area (Å²) in [5.41, 5.74) is 4.77. The third kappa shape index (κ3) is 3.31.